The highest BCUT2D eigenvalue weighted by molar-refractivity contribution is 5.70. The van der Waals surface area contributed by atoms with Gasteiger partial charge in [0.1, 0.15) is 12.2 Å². The lowest BCUT2D eigenvalue weighted by Crippen LogP contribution is -2.51. The molecular weight excluding hydrogens is 1140 g/mol. The van der Waals surface area contributed by atoms with Crippen LogP contribution in [0.25, 0.3) is 0 Å². The third kappa shape index (κ3) is 22.8. The Morgan fingerprint density at radius 2 is 0.819 bits per heavy atom. The first-order valence-corrected chi connectivity index (χ1v) is 42.1. The molecule has 8 rings (SSSR count). The number of rotatable bonds is 41. The highest BCUT2D eigenvalue weighted by atomic mass is 16.5. The Hall–Kier alpha value is -2.36. The molecule has 0 amide bonds. The van der Waals surface area contributed by atoms with E-state index in [1.807, 2.05) is 0 Å². The van der Waals surface area contributed by atoms with Gasteiger partial charge in [0.2, 0.25) is 0 Å². The molecule has 0 aliphatic heterocycles. The normalized spacial score (nSPS) is 32.4. The second-order valence-electron chi connectivity index (χ2n) is 35.5. The van der Waals surface area contributed by atoms with Gasteiger partial charge in [-0.05, 0) is 268 Å². The monoisotopic (exact) mass is 1300 g/mol. The topological polar surface area (TPSA) is 52.6 Å². The van der Waals surface area contributed by atoms with Crippen LogP contribution in [0.4, 0.5) is 0 Å². The number of unbranched alkanes of at least 4 members (excludes halogenated alkanes) is 22. The van der Waals surface area contributed by atoms with E-state index in [0.717, 1.165) is 116 Å². The van der Waals surface area contributed by atoms with Crippen molar-refractivity contribution in [1.82, 2.24) is 0 Å². The van der Waals surface area contributed by atoms with E-state index in [1.54, 1.807) is 11.1 Å². The van der Waals surface area contributed by atoms with Crippen molar-refractivity contribution in [2.45, 2.75) is 410 Å². The van der Waals surface area contributed by atoms with Crippen LogP contribution >= 0.6 is 0 Å². The lowest BCUT2D eigenvalue weighted by atomic mass is 9.47. The summed E-state index contributed by atoms with van der Waals surface area (Å²) in [5.74, 6) is 9.68. The Labute approximate surface area is 583 Å². The number of hydrogen-bond acceptors (Lipinski definition) is 4. The van der Waals surface area contributed by atoms with Crippen molar-refractivity contribution in [2.24, 2.45) is 86.8 Å². The first-order valence-electron chi connectivity index (χ1n) is 42.1. The average Bonchev–Trinajstić information content (AvgIpc) is 1.37. The molecule has 4 heteroatoms. The third-order valence-corrected chi connectivity index (χ3v) is 28.1. The van der Waals surface area contributed by atoms with E-state index >= 15 is 0 Å². The van der Waals surface area contributed by atoms with Gasteiger partial charge in [0.05, 0.1) is 0 Å². The van der Waals surface area contributed by atoms with Gasteiger partial charge in [0, 0.05) is 25.7 Å². The van der Waals surface area contributed by atoms with Crippen LogP contribution in [0.15, 0.2) is 59.3 Å². The van der Waals surface area contributed by atoms with E-state index in [4.69, 9.17) is 9.47 Å². The van der Waals surface area contributed by atoms with Gasteiger partial charge < -0.3 is 9.47 Å². The van der Waals surface area contributed by atoms with E-state index in [0.29, 0.717) is 34.5 Å². The minimum atomic E-state index is 0.0506. The molecule has 16 atom stereocenters. The fourth-order valence-corrected chi connectivity index (χ4v) is 22.5. The zero-order chi connectivity index (χ0) is 67.4. The molecule has 0 bridgehead atoms. The zero-order valence-electron chi connectivity index (χ0n) is 64.3. The molecule has 6 fully saturated rings. The molecule has 0 spiro atoms. The molecule has 4 nitrogen and oxygen atoms in total. The standard InChI is InChI=1S/C45H78O2.C45H76O2/c2*1-7-8-9-10-11-12-13-14-15-16-17-18-19-20-21-25-43(46)47-38-30-32-44(5)37(34-38)26-27-39-41-29-28-40(36(4)24-22-23-35(2)3)45(41,6)33-31-42(39)44/h14-15,26,35-36,38-42H,7-13,16-25,27-34H2,1-6H3;14-15,23,26,36,38-42H,7-13,16-22,24-25,27-34H2,1-6H3/b2*15-14-. The summed E-state index contributed by atoms with van der Waals surface area (Å²) in [5, 5.41) is 0. The van der Waals surface area contributed by atoms with Crippen LogP contribution in [0.3, 0.4) is 0 Å². The van der Waals surface area contributed by atoms with Crippen molar-refractivity contribution < 1.29 is 19.1 Å². The second kappa shape index (κ2) is 40.8. The van der Waals surface area contributed by atoms with E-state index in [9.17, 15) is 9.59 Å². The van der Waals surface area contributed by atoms with Gasteiger partial charge in [-0.1, -0.05) is 250 Å². The number of fused-ring (bicyclic) bond motifs is 10. The van der Waals surface area contributed by atoms with Gasteiger partial charge in [-0.3, -0.25) is 9.59 Å². The van der Waals surface area contributed by atoms with E-state index < -0.39 is 0 Å². The Kier molecular flexibility index (Phi) is 34.3. The molecule has 0 radical (unpaired) electrons. The molecule has 6 saturated carbocycles. The Bertz CT molecular complexity index is 2330. The predicted molar refractivity (Wildman–Crippen MR) is 405 cm³/mol. The summed E-state index contributed by atoms with van der Waals surface area (Å²) in [6.45, 7) is 29.5. The summed E-state index contributed by atoms with van der Waals surface area (Å²) in [5.41, 5.74) is 6.48. The molecular formula is C90H154O4. The van der Waals surface area contributed by atoms with Gasteiger partial charge in [-0.2, -0.15) is 0 Å². The summed E-state index contributed by atoms with van der Waals surface area (Å²) >= 11 is 0. The Morgan fingerprint density at radius 1 is 0.436 bits per heavy atom. The van der Waals surface area contributed by atoms with Crippen LogP contribution in [0.1, 0.15) is 398 Å². The van der Waals surface area contributed by atoms with Crippen molar-refractivity contribution >= 4 is 11.9 Å². The van der Waals surface area contributed by atoms with Crippen LogP contribution in [0.2, 0.25) is 0 Å². The molecule has 0 saturated heterocycles. The number of carbonyl (C=O) groups excluding carboxylic acids is 2. The largest absolute Gasteiger partial charge is 0.462 e. The fraction of sp³-hybridized carbons (Fsp3) is 0.867. The van der Waals surface area contributed by atoms with E-state index in [2.05, 4.69) is 126 Å². The molecule has 0 aromatic heterocycles. The predicted octanol–water partition coefficient (Wildman–Crippen LogP) is 27.9. The number of ether oxygens (including phenoxy) is 2. The summed E-state index contributed by atoms with van der Waals surface area (Å²) < 4.78 is 12.2. The maximum absolute atomic E-state index is 12.8. The number of carbonyl (C=O) groups is 2. The molecule has 8 aliphatic rings. The van der Waals surface area contributed by atoms with Crippen LogP contribution in [0, 0.1) is 86.8 Å². The molecule has 538 valence electrons. The summed E-state index contributed by atoms with van der Waals surface area (Å²) in [7, 11) is 0. The molecule has 16 unspecified atom stereocenters. The first kappa shape index (κ1) is 79.0. The maximum Gasteiger partial charge on any atom is 0.306 e. The van der Waals surface area contributed by atoms with Gasteiger partial charge in [-0.15, -0.1) is 0 Å². The molecule has 0 heterocycles. The summed E-state index contributed by atoms with van der Waals surface area (Å²) in [4.78, 5) is 25.6. The van der Waals surface area contributed by atoms with Crippen LogP contribution < -0.4 is 0 Å². The minimum absolute atomic E-state index is 0.0506. The number of esters is 2. The Morgan fingerprint density at radius 3 is 1.21 bits per heavy atom. The molecule has 0 aromatic carbocycles. The first-order chi connectivity index (χ1) is 45.4. The quantitative estimate of drug-likeness (QED) is 0.0348. The maximum atomic E-state index is 12.8. The van der Waals surface area contributed by atoms with Crippen molar-refractivity contribution in [3.8, 4) is 0 Å². The van der Waals surface area contributed by atoms with Gasteiger partial charge >= 0.3 is 11.9 Å². The highest BCUT2D eigenvalue weighted by Crippen LogP contribution is 2.69. The van der Waals surface area contributed by atoms with Gasteiger partial charge in [0.25, 0.3) is 0 Å². The number of allylic oxidation sites excluding steroid dienone is 8. The molecule has 0 aromatic rings. The molecule has 94 heavy (non-hydrogen) atoms. The SMILES string of the molecule is CCCCCCCC/C=C\CCCCCCCC(=O)OC1CCC2(C)C(=CCC3C2CCC2(C)C(C(C)CCC=C(C)C)CCC32)C1.CCCCCCCC/C=C\CCCCCCCC(=O)OC1CCC2(C)C(=CCC3C2CCC2(C)C(C(C)CCCC(C)C)CCC32)C1. The van der Waals surface area contributed by atoms with Crippen LogP contribution in [0.5, 0.6) is 0 Å². The smallest absolute Gasteiger partial charge is 0.306 e. The van der Waals surface area contributed by atoms with Crippen LogP contribution in [-0.4, -0.2) is 24.1 Å². The molecule has 0 N–H and O–H groups in total. The minimum Gasteiger partial charge on any atom is -0.462 e. The van der Waals surface area contributed by atoms with E-state index in [-0.39, 0.29) is 24.1 Å². The van der Waals surface area contributed by atoms with Crippen molar-refractivity contribution in [2.75, 3.05) is 0 Å². The third-order valence-electron chi connectivity index (χ3n) is 28.1. The lowest BCUT2D eigenvalue weighted by Gasteiger charge is -2.58. The Balaban J connectivity index is 0.000000266. The van der Waals surface area contributed by atoms with Crippen molar-refractivity contribution in [3.63, 3.8) is 0 Å². The summed E-state index contributed by atoms with van der Waals surface area (Å²) in [6.07, 6.45) is 79.6. The van der Waals surface area contributed by atoms with Crippen molar-refractivity contribution in [3.05, 3.63) is 59.3 Å². The fourth-order valence-electron chi connectivity index (χ4n) is 22.5. The lowest BCUT2D eigenvalue weighted by molar-refractivity contribution is -0.152. The van der Waals surface area contributed by atoms with E-state index in [1.165, 1.54) is 256 Å². The van der Waals surface area contributed by atoms with Gasteiger partial charge in [0.15, 0.2) is 0 Å². The van der Waals surface area contributed by atoms with Crippen LogP contribution in [-0.2, 0) is 19.1 Å². The molecule has 8 aliphatic carbocycles. The summed E-state index contributed by atoms with van der Waals surface area (Å²) in [6, 6.07) is 0. The number of hydrogen-bond donors (Lipinski definition) is 0. The highest BCUT2D eigenvalue weighted by Gasteiger charge is 2.61. The van der Waals surface area contributed by atoms with Crippen molar-refractivity contribution in [1.29, 1.82) is 0 Å². The zero-order valence-corrected chi connectivity index (χ0v) is 64.3. The average molecular weight is 1300 g/mol. The second-order valence-corrected chi connectivity index (χ2v) is 35.5. The van der Waals surface area contributed by atoms with Gasteiger partial charge in [-0.25, -0.2) is 0 Å².